The van der Waals surface area contributed by atoms with Crippen molar-refractivity contribution >= 4 is 52.6 Å². The molecule has 6 N–H and O–H groups in total. The van der Waals surface area contributed by atoms with Crippen molar-refractivity contribution in [1.29, 1.82) is 5.41 Å². The van der Waals surface area contributed by atoms with Crippen LogP contribution < -0.4 is 16.4 Å². The van der Waals surface area contributed by atoms with E-state index in [1.165, 1.54) is 6.92 Å². The van der Waals surface area contributed by atoms with E-state index < -0.39 is 23.2 Å². The molecular formula is C27H36ClN7O4. The van der Waals surface area contributed by atoms with E-state index in [0.29, 0.717) is 29.7 Å². The number of Topliss-reactive ketones (excluding diaryl/α,β-unsaturated/α-hetero) is 1. The molecule has 12 heteroatoms. The maximum atomic E-state index is 13.5. The number of nitrogens with two attached hydrogens (primary N) is 1. The van der Waals surface area contributed by atoms with Crippen LogP contribution in [0.5, 0.6) is 0 Å². The lowest BCUT2D eigenvalue weighted by molar-refractivity contribution is -0.144. The van der Waals surface area contributed by atoms with Crippen molar-refractivity contribution < 1.29 is 19.5 Å². The Morgan fingerprint density at radius 2 is 1.85 bits per heavy atom. The quantitative estimate of drug-likeness (QED) is 0.128. The van der Waals surface area contributed by atoms with Crippen LogP contribution >= 0.6 is 12.4 Å². The van der Waals surface area contributed by atoms with Gasteiger partial charge in [0.15, 0.2) is 11.8 Å². The van der Waals surface area contributed by atoms with Crippen LogP contribution in [0.4, 0.5) is 5.69 Å². The zero-order valence-corrected chi connectivity index (χ0v) is 23.6. The fraction of sp³-hybridized carbons (Fsp3) is 0.370. The molecule has 1 amide bonds. The lowest BCUT2D eigenvalue weighted by atomic mass is 9.80. The number of anilines is 1. The lowest BCUT2D eigenvalue weighted by Crippen LogP contribution is -2.53. The zero-order chi connectivity index (χ0) is 28.2. The van der Waals surface area contributed by atoms with Crippen molar-refractivity contribution in [2.45, 2.75) is 38.8 Å². The Kier molecular flexibility index (Phi) is 10.2. The predicted octanol–water partition coefficient (Wildman–Crippen LogP) is 2.26. The molecule has 3 rings (SSSR count). The summed E-state index contributed by atoms with van der Waals surface area (Å²) < 4.78 is 1.96. The van der Waals surface area contributed by atoms with Crippen LogP contribution in [0, 0.1) is 5.41 Å². The number of nitrogens with zero attached hydrogens (tertiary/aromatic N) is 3. The molecule has 0 saturated heterocycles. The van der Waals surface area contributed by atoms with Crippen molar-refractivity contribution in [3.8, 4) is 0 Å². The minimum absolute atomic E-state index is 0. The summed E-state index contributed by atoms with van der Waals surface area (Å²) in [5.41, 5.74) is 8.09. The SMILES string of the molecule is CCN(C)C(=O)C(C)(CNC(C(C)=O)C(=O)O)c1ccc2c(c1)nc(CNc1ccc(C(=N)N)cc1)n2C.Cl. The van der Waals surface area contributed by atoms with Crippen molar-refractivity contribution in [3.05, 3.63) is 59.4 Å². The Bertz CT molecular complexity index is 1360. The minimum Gasteiger partial charge on any atom is -0.480 e. The molecule has 2 aromatic carbocycles. The second-order valence-electron chi connectivity index (χ2n) is 9.55. The standard InChI is InChI=1S/C27H35N7O4.ClH/c1-6-33(4)26(38)27(3,15-31-23(16(2)35)25(36)37)18-9-12-21-20(13-18)32-22(34(21)5)14-30-19-10-7-17(8-11-19)24(28)29;/h7-13,23,30-31H,6,14-15H2,1-5H3,(H3,28,29)(H,36,37);1H. The number of halogens is 1. The Hall–Kier alpha value is -3.96. The second kappa shape index (κ2) is 12.7. The number of ketones is 1. The number of benzene rings is 2. The molecule has 11 nitrogen and oxygen atoms in total. The molecule has 0 bridgehead atoms. The van der Waals surface area contributed by atoms with Gasteiger partial charge in [-0.05, 0) is 62.7 Å². The third-order valence-electron chi connectivity index (χ3n) is 6.86. The van der Waals surface area contributed by atoms with Crippen LogP contribution in [0.1, 0.15) is 37.7 Å². The molecule has 2 unspecified atom stereocenters. The fourth-order valence-electron chi connectivity index (χ4n) is 4.28. The normalized spacial score (nSPS) is 13.2. The van der Waals surface area contributed by atoms with Gasteiger partial charge in [0.2, 0.25) is 5.91 Å². The monoisotopic (exact) mass is 557 g/mol. The number of carboxylic acid groups (broad SMARTS) is 1. The number of hydrogen-bond donors (Lipinski definition) is 5. The molecule has 0 aliphatic carbocycles. The van der Waals surface area contributed by atoms with Crippen LogP contribution in [-0.2, 0) is 33.4 Å². The van der Waals surface area contributed by atoms with E-state index in [0.717, 1.165) is 17.0 Å². The van der Waals surface area contributed by atoms with Crippen molar-refractivity contribution in [1.82, 2.24) is 19.8 Å². The first kappa shape index (κ1) is 31.3. The molecule has 0 fully saturated rings. The molecule has 1 aromatic heterocycles. The van der Waals surface area contributed by atoms with Crippen LogP contribution in [-0.4, -0.2) is 69.2 Å². The van der Waals surface area contributed by atoms with E-state index in [-0.39, 0.29) is 30.7 Å². The minimum atomic E-state index is -1.41. The van der Waals surface area contributed by atoms with Gasteiger partial charge < -0.3 is 25.6 Å². The summed E-state index contributed by atoms with van der Waals surface area (Å²) in [6, 6.07) is 11.4. The number of rotatable bonds is 12. The number of aliphatic carboxylic acids is 1. The molecule has 0 aliphatic heterocycles. The first-order valence-corrected chi connectivity index (χ1v) is 12.3. The number of carbonyl (C=O) groups excluding carboxylic acids is 2. The highest BCUT2D eigenvalue weighted by molar-refractivity contribution is 6.01. The van der Waals surface area contributed by atoms with Gasteiger partial charge in [-0.25, -0.2) is 4.98 Å². The highest BCUT2D eigenvalue weighted by Gasteiger charge is 2.39. The van der Waals surface area contributed by atoms with E-state index in [1.54, 1.807) is 31.0 Å². The van der Waals surface area contributed by atoms with Crippen LogP contribution in [0.3, 0.4) is 0 Å². The first-order chi connectivity index (χ1) is 17.9. The maximum absolute atomic E-state index is 13.5. The second-order valence-corrected chi connectivity index (χ2v) is 9.55. The van der Waals surface area contributed by atoms with Crippen LogP contribution in [0.15, 0.2) is 42.5 Å². The molecule has 0 radical (unpaired) electrons. The van der Waals surface area contributed by atoms with Crippen LogP contribution in [0.2, 0.25) is 0 Å². The highest BCUT2D eigenvalue weighted by atomic mass is 35.5. The van der Waals surface area contributed by atoms with Gasteiger partial charge in [0.25, 0.3) is 0 Å². The number of carbonyl (C=O) groups is 3. The first-order valence-electron chi connectivity index (χ1n) is 12.3. The number of aryl methyl sites for hydroxylation is 1. The number of aromatic nitrogens is 2. The van der Waals surface area contributed by atoms with E-state index in [4.69, 9.17) is 16.1 Å². The molecule has 0 spiro atoms. The number of nitrogens with one attached hydrogen (secondary N) is 3. The van der Waals surface area contributed by atoms with Gasteiger partial charge in [0, 0.05) is 38.4 Å². The summed E-state index contributed by atoms with van der Waals surface area (Å²) in [7, 11) is 3.60. The smallest absolute Gasteiger partial charge is 0.328 e. The van der Waals surface area contributed by atoms with E-state index >= 15 is 0 Å². The predicted molar refractivity (Wildman–Crippen MR) is 154 cm³/mol. The van der Waals surface area contributed by atoms with E-state index in [2.05, 4.69) is 10.6 Å². The van der Waals surface area contributed by atoms with Crippen molar-refractivity contribution in [2.24, 2.45) is 12.8 Å². The van der Waals surface area contributed by atoms with Gasteiger partial charge in [0.05, 0.1) is 23.0 Å². The molecule has 1 heterocycles. The molecule has 0 aliphatic rings. The number of nitrogen functional groups attached to an aromatic ring is 1. The largest absolute Gasteiger partial charge is 0.480 e. The average molecular weight is 558 g/mol. The Balaban J connectivity index is 0.00000533. The van der Waals surface area contributed by atoms with Gasteiger partial charge in [0.1, 0.15) is 11.7 Å². The topological polar surface area (TPSA) is 166 Å². The lowest BCUT2D eigenvalue weighted by Gasteiger charge is -2.33. The zero-order valence-electron chi connectivity index (χ0n) is 22.7. The molecule has 0 saturated carbocycles. The molecule has 2 atom stereocenters. The number of amidine groups is 1. The number of likely N-dealkylation sites (N-methyl/N-ethyl adjacent to an activating group) is 1. The third kappa shape index (κ3) is 6.73. The Morgan fingerprint density at radius 3 is 2.38 bits per heavy atom. The van der Waals surface area contributed by atoms with Gasteiger partial charge in [-0.2, -0.15) is 0 Å². The van der Waals surface area contributed by atoms with Crippen molar-refractivity contribution in [3.63, 3.8) is 0 Å². The highest BCUT2D eigenvalue weighted by Crippen LogP contribution is 2.29. The number of fused-ring (bicyclic) bond motifs is 1. The summed E-state index contributed by atoms with van der Waals surface area (Å²) >= 11 is 0. The molecule has 39 heavy (non-hydrogen) atoms. The average Bonchev–Trinajstić information content (AvgIpc) is 3.20. The van der Waals surface area contributed by atoms with Gasteiger partial charge >= 0.3 is 5.97 Å². The molecule has 3 aromatic rings. The number of carboxylic acids is 1. The summed E-state index contributed by atoms with van der Waals surface area (Å²) in [4.78, 5) is 43.2. The molecular weight excluding hydrogens is 522 g/mol. The summed E-state index contributed by atoms with van der Waals surface area (Å²) in [5.74, 6) is -1.25. The van der Waals surface area contributed by atoms with Crippen molar-refractivity contribution in [2.75, 3.05) is 25.5 Å². The van der Waals surface area contributed by atoms with E-state index in [9.17, 15) is 19.5 Å². The Morgan fingerprint density at radius 1 is 1.21 bits per heavy atom. The number of imidazole rings is 1. The Labute approximate surface area is 233 Å². The van der Waals surface area contributed by atoms with Crippen LogP contribution in [0.25, 0.3) is 11.0 Å². The maximum Gasteiger partial charge on any atom is 0.328 e. The fourth-order valence-corrected chi connectivity index (χ4v) is 4.28. The van der Waals surface area contributed by atoms with Gasteiger partial charge in [-0.3, -0.25) is 25.1 Å². The summed E-state index contributed by atoms with van der Waals surface area (Å²) in [6.45, 7) is 5.67. The van der Waals surface area contributed by atoms with E-state index in [1.807, 2.05) is 48.9 Å². The number of hydrogen-bond acceptors (Lipinski definition) is 7. The molecule has 210 valence electrons. The van der Waals surface area contributed by atoms with Gasteiger partial charge in [-0.1, -0.05) is 6.07 Å². The summed E-state index contributed by atoms with van der Waals surface area (Å²) in [6.07, 6.45) is 0. The summed E-state index contributed by atoms with van der Waals surface area (Å²) in [5, 5.41) is 23.0. The van der Waals surface area contributed by atoms with Gasteiger partial charge in [-0.15, -0.1) is 12.4 Å². The third-order valence-corrected chi connectivity index (χ3v) is 6.86. The number of amides is 1.